The molecule has 1 fully saturated rings. The van der Waals surface area contributed by atoms with Gasteiger partial charge in [0.25, 0.3) is 0 Å². The van der Waals surface area contributed by atoms with Gasteiger partial charge in [-0.05, 0) is 18.9 Å². The van der Waals surface area contributed by atoms with Crippen LogP contribution in [0.15, 0.2) is 17.2 Å². The summed E-state index contributed by atoms with van der Waals surface area (Å²) < 4.78 is 64.9. The summed E-state index contributed by atoms with van der Waals surface area (Å²) in [6.45, 7) is 0. The molecule has 18 heavy (non-hydrogen) atoms. The minimum atomic E-state index is -4.74. The zero-order valence-corrected chi connectivity index (χ0v) is 9.75. The van der Waals surface area contributed by atoms with Gasteiger partial charge in [0.05, 0.1) is 12.3 Å². The first-order chi connectivity index (χ1) is 8.18. The third-order valence-electron chi connectivity index (χ3n) is 2.25. The summed E-state index contributed by atoms with van der Waals surface area (Å²) in [4.78, 5) is 2.44. The van der Waals surface area contributed by atoms with Crippen molar-refractivity contribution in [3.8, 4) is 5.75 Å². The Hall–Kier alpha value is -1.35. The molecule has 0 aliphatic heterocycles. The van der Waals surface area contributed by atoms with Gasteiger partial charge in [-0.1, -0.05) is 0 Å². The Kier molecular flexibility index (Phi) is 2.98. The Morgan fingerprint density at radius 1 is 1.39 bits per heavy atom. The molecule has 1 saturated carbocycles. The first-order valence-corrected chi connectivity index (χ1v) is 6.49. The van der Waals surface area contributed by atoms with Gasteiger partial charge in [-0.3, -0.25) is 0 Å². The van der Waals surface area contributed by atoms with Gasteiger partial charge in [-0.25, -0.2) is 18.5 Å². The summed E-state index contributed by atoms with van der Waals surface area (Å²) >= 11 is 0. The molecule has 0 atom stereocenters. The van der Waals surface area contributed by atoms with Crippen molar-refractivity contribution < 1.29 is 26.3 Å². The Balaban J connectivity index is 2.48. The molecule has 0 bridgehead atoms. The molecule has 1 aromatic heterocycles. The van der Waals surface area contributed by atoms with Crippen LogP contribution in [0.2, 0.25) is 0 Å². The average molecular weight is 282 g/mol. The number of rotatable bonds is 3. The molecule has 2 rings (SSSR count). The lowest BCUT2D eigenvalue weighted by Crippen LogP contribution is -2.17. The highest BCUT2D eigenvalue weighted by Gasteiger charge is 2.35. The molecule has 0 saturated heterocycles. The van der Waals surface area contributed by atoms with Crippen LogP contribution < -0.4 is 9.88 Å². The maximum absolute atomic E-state index is 12.4. The van der Waals surface area contributed by atoms with E-state index in [4.69, 9.17) is 9.88 Å². The fraction of sp³-hybridized carbons (Fsp3) is 0.444. The SMILES string of the molecule is NS(=O)(=O)c1cc(C(F)(F)F)ncc1OC1CC1. The van der Waals surface area contributed by atoms with Crippen LogP contribution in [0.25, 0.3) is 0 Å². The number of aromatic nitrogens is 1. The van der Waals surface area contributed by atoms with Crippen molar-refractivity contribution >= 4 is 10.0 Å². The molecular formula is C9H9F3N2O3S. The van der Waals surface area contributed by atoms with Gasteiger partial charge in [-0.2, -0.15) is 13.2 Å². The summed E-state index contributed by atoms with van der Waals surface area (Å²) in [6.07, 6.45) is -2.72. The lowest BCUT2D eigenvalue weighted by molar-refractivity contribution is -0.141. The molecule has 9 heteroatoms. The van der Waals surface area contributed by atoms with E-state index in [9.17, 15) is 21.6 Å². The van der Waals surface area contributed by atoms with Crippen molar-refractivity contribution in [2.24, 2.45) is 5.14 Å². The summed E-state index contributed by atoms with van der Waals surface area (Å²) in [5, 5.41) is 4.86. The van der Waals surface area contributed by atoms with Crippen molar-refractivity contribution in [3.05, 3.63) is 18.0 Å². The number of alkyl halides is 3. The predicted octanol–water partition coefficient (Wildman–Crippen LogP) is 1.29. The zero-order chi connectivity index (χ0) is 13.6. The van der Waals surface area contributed by atoms with Gasteiger partial charge in [0.15, 0.2) is 5.75 Å². The molecular weight excluding hydrogens is 273 g/mol. The number of nitrogens with zero attached hydrogens (tertiary/aromatic N) is 1. The van der Waals surface area contributed by atoms with Crippen molar-refractivity contribution in [3.63, 3.8) is 0 Å². The van der Waals surface area contributed by atoms with Crippen LogP contribution >= 0.6 is 0 Å². The number of hydrogen-bond acceptors (Lipinski definition) is 4. The van der Waals surface area contributed by atoms with Crippen molar-refractivity contribution in [2.75, 3.05) is 0 Å². The van der Waals surface area contributed by atoms with Gasteiger partial charge in [-0.15, -0.1) is 0 Å². The second-order valence-corrected chi connectivity index (χ2v) is 5.41. The van der Waals surface area contributed by atoms with Gasteiger partial charge in [0.1, 0.15) is 10.6 Å². The highest BCUT2D eigenvalue weighted by Crippen LogP contribution is 2.34. The van der Waals surface area contributed by atoms with E-state index in [0.717, 1.165) is 19.0 Å². The number of primary sulfonamides is 1. The lowest BCUT2D eigenvalue weighted by atomic mass is 10.3. The molecule has 0 spiro atoms. The van der Waals surface area contributed by atoms with Gasteiger partial charge < -0.3 is 4.74 Å². The smallest absolute Gasteiger partial charge is 0.433 e. The molecule has 2 N–H and O–H groups in total. The molecule has 1 aliphatic carbocycles. The van der Waals surface area contributed by atoms with Gasteiger partial charge >= 0.3 is 6.18 Å². The second kappa shape index (κ2) is 4.09. The van der Waals surface area contributed by atoms with E-state index in [-0.39, 0.29) is 11.9 Å². The minimum Gasteiger partial charge on any atom is -0.487 e. The normalized spacial score (nSPS) is 16.7. The third-order valence-corrected chi connectivity index (χ3v) is 3.18. The summed E-state index contributed by atoms with van der Waals surface area (Å²) in [6, 6.07) is 0.382. The van der Waals surface area contributed by atoms with Crippen LogP contribution in [-0.2, 0) is 16.2 Å². The molecule has 1 aromatic rings. The van der Waals surface area contributed by atoms with Crippen molar-refractivity contribution in [2.45, 2.75) is 30.0 Å². The van der Waals surface area contributed by atoms with E-state index < -0.39 is 26.8 Å². The monoisotopic (exact) mass is 282 g/mol. The van der Waals surface area contributed by atoms with E-state index in [2.05, 4.69) is 4.98 Å². The lowest BCUT2D eigenvalue weighted by Gasteiger charge is -2.11. The van der Waals surface area contributed by atoms with E-state index in [1.165, 1.54) is 0 Å². The zero-order valence-electron chi connectivity index (χ0n) is 8.94. The Bertz CT molecular complexity index is 567. The van der Waals surface area contributed by atoms with Crippen LogP contribution in [0.4, 0.5) is 13.2 Å². The number of pyridine rings is 1. The molecule has 1 aliphatic rings. The summed E-state index contributed by atoms with van der Waals surface area (Å²) in [5.74, 6) is -0.243. The quantitative estimate of drug-likeness (QED) is 0.905. The molecule has 100 valence electrons. The topological polar surface area (TPSA) is 82.3 Å². The number of sulfonamides is 1. The Labute approximate surface area is 101 Å². The standard InChI is InChI=1S/C9H9F3N2O3S/c10-9(11,12)8-3-7(18(13,15)16)6(4-14-8)17-5-1-2-5/h3-5H,1-2H2,(H2,13,15,16). The fourth-order valence-corrected chi connectivity index (χ4v) is 1.91. The molecule has 0 aromatic carbocycles. The Morgan fingerprint density at radius 2 is 2.00 bits per heavy atom. The van der Waals surface area contributed by atoms with Crippen molar-refractivity contribution in [1.82, 2.24) is 4.98 Å². The summed E-state index contributed by atoms with van der Waals surface area (Å²) in [7, 11) is -4.30. The van der Waals surface area contributed by atoms with Crippen LogP contribution in [0.3, 0.4) is 0 Å². The van der Waals surface area contributed by atoms with E-state index in [1.54, 1.807) is 0 Å². The molecule has 0 radical (unpaired) electrons. The van der Waals surface area contributed by atoms with E-state index >= 15 is 0 Å². The second-order valence-electron chi connectivity index (χ2n) is 3.88. The molecule has 0 amide bonds. The maximum atomic E-state index is 12.4. The first kappa shape index (κ1) is 13.1. The minimum absolute atomic E-state index is 0.177. The number of hydrogen-bond donors (Lipinski definition) is 1. The van der Waals surface area contributed by atoms with Crippen LogP contribution in [0.1, 0.15) is 18.5 Å². The Morgan fingerprint density at radius 3 is 2.44 bits per heavy atom. The van der Waals surface area contributed by atoms with Gasteiger partial charge in [0, 0.05) is 0 Å². The fourth-order valence-electron chi connectivity index (χ4n) is 1.26. The summed E-state index contributed by atoms with van der Waals surface area (Å²) in [5.41, 5.74) is -1.32. The van der Waals surface area contributed by atoms with Crippen molar-refractivity contribution in [1.29, 1.82) is 0 Å². The number of nitrogens with two attached hydrogens (primary N) is 1. The number of halogens is 3. The molecule has 5 nitrogen and oxygen atoms in total. The van der Waals surface area contributed by atoms with Crippen LogP contribution in [0.5, 0.6) is 5.75 Å². The highest BCUT2D eigenvalue weighted by molar-refractivity contribution is 7.89. The van der Waals surface area contributed by atoms with E-state index in [0.29, 0.717) is 6.07 Å². The maximum Gasteiger partial charge on any atom is 0.433 e. The molecule has 1 heterocycles. The number of ether oxygens (including phenoxy) is 1. The van der Waals surface area contributed by atoms with Gasteiger partial charge in [0.2, 0.25) is 10.0 Å². The largest absolute Gasteiger partial charge is 0.487 e. The molecule has 0 unspecified atom stereocenters. The predicted molar refractivity (Wildman–Crippen MR) is 54.3 cm³/mol. The highest BCUT2D eigenvalue weighted by atomic mass is 32.2. The average Bonchev–Trinajstić information content (AvgIpc) is 2.98. The van der Waals surface area contributed by atoms with E-state index in [1.807, 2.05) is 0 Å². The van der Waals surface area contributed by atoms with Crippen LogP contribution in [-0.4, -0.2) is 19.5 Å². The third kappa shape index (κ3) is 2.91. The van der Waals surface area contributed by atoms with Crippen LogP contribution in [0, 0.1) is 0 Å². The first-order valence-electron chi connectivity index (χ1n) is 4.94.